The lowest BCUT2D eigenvalue weighted by molar-refractivity contribution is -0.152. The van der Waals surface area contributed by atoms with Gasteiger partial charge in [0.05, 0.1) is 12.5 Å². The minimum atomic E-state index is -0.744. The van der Waals surface area contributed by atoms with E-state index in [1.54, 1.807) is 62.4 Å². The number of carbonyl (C=O) groups excluding carboxylic acids is 2. The maximum Gasteiger partial charge on any atom is 0.314 e. The Morgan fingerprint density at radius 3 is 1.96 bits per heavy atom. The minimum Gasteiger partial charge on any atom is -0.492 e. The zero-order valence-corrected chi connectivity index (χ0v) is 14.6. The molecular formula is C19H19ClO4. The number of hydrogen-bond acceptors (Lipinski definition) is 4. The van der Waals surface area contributed by atoms with Gasteiger partial charge >= 0.3 is 5.97 Å². The number of carbonyl (C=O) groups is 2. The van der Waals surface area contributed by atoms with Gasteiger partial charge < -0.3 is 9.47 Å². The molecule has 24 heavy (non-hydrogen) atoms. The van der Waals surface area contributed by atoms with E-state index in [9.17, 15) is 9.59 Å². The zero-order valence-electron chi connectivity index (χ0n) is 13.8. The van der Waals surface area contributed by atoms with Crippen molar-refractivity contribution in [2.45, 2.75) is 13.8 Å². The quantitative estimate of drug-likeness (QED) is 0.582. The second kappa shape index (κ2) is 7.49. The fourth-order valence-corrected chi connectivity index (χ4v) is 2.20. The summed E-state index contributed by atoms with van der Waals surface area (Å²) in [7, 11) is 1.35. The summed E-state index contributed by atoms with van der Waals surface area (Å²) in [5.41, 5.74) is 0.379. The maximum atomic E-state index is 12.4. The number of hydrogen-bond donors (Lipinski definition) is 0. The average Bonchev–Trinajstić information content (AvgIpc) is 2.59. The molecule has 5 heteroatoms. The number of halogens is 1. The highest BCUT2D eigenvalue weighted by Gasteiger charge is 2.29. The van der Waals surface area contributed by atoms with Gasteiger partial charge in [-0.1, -0.05) is 11.6 Å². The number of benzene rings is 2. The van der Waals surface area contributed by atoms with Gasteiger partial charge in [-0.3, -0.25) is 9.59 Å². The Bertz CT molecular complexity index is 718. The van der Waals surface area contributed by atoms with Crippen LogP contribution in [-0.4, -0.2) is 25.5 Å². The van der Waals surface area contributed by atoms with Crippen LogP contribution in [-0.2, 0) is 9.53 Å². The molecule has 2 rings (SSSR count). The summed E-state index contributed by atoms with van der Waals surface area (Å²) in [6.07, 6.45) is 0. The fraction of sp³-hybridized carbons (Fsp3) is 0.263. The summed E-state index contributed by atoms with van der Waals surface area (Å²) in [5.74, 6) is 0.157. The Balaban J connectivity index is 2.04. The third-order valence-electron chi connectivity index (χ3n) is 3.56. The fourth-order valence-electron chi connectivity index (χ4n) is 2.07. The van der Waals surface area contributed by atoms with Crippen molar-refractivity contribution >= 4 is 23.4 Å². The first-order chi connectivity index (χ1) is 11.3. The number of rotatable bonds is 6. The van der Waals surface area contributed by atoms with Crippen LogP contribution in [0.1, 0.15) is 29.8 Å². The first-order valence-corrected chi connectivity index (χ1v) is 7.83. The van der Waals surface area contributed by atoms with E-state index in [1.165, 1.54) is 7.11 Å². The molecular weight excluding hydrogens is 328 g/mol. The van der Waals surface area contributed by atoms with Crippen LogP contribution in [0.5, 0.6) is 5.75 Å². The highest BCUT2D eigenvalue weighted by atomic mass is 35.5. The average molecular weight is 347 g/mol. The Hall–Kier alpha value is -2.33. The van der Waals surface area contributed by atoms with Gasteiger partial charge in [0, 0.05) is 16.1 Å². The number of ketones is 1. The molecule has 0 unspecified atom stereocenters. The smallest absolute Gasteiger partial charge is 0.314 e. The highest BCUT2D eigenvalue weighted by molar-refractivity contribution is 6.30. The van der Waals surface area contributed by atoms with Gasteiger partial charge in [0.25, 0.3) is 0 Å². The van der Waals surface area contributed by atoms with E-state index in [4.69, 9.17) is 21.1 Å². The molecule has 0 bridgehead atoms. The third kappa shape index (κ3) is 4.36. The van der Waals surface area contributed by atoms with Crippen molar-refractivity contribution < 1.29 is 19.1 Å². The van der Waals surface area contributed by atoms with E-state index < -0.39 is 5.41 Å². The van der Waals surface area contributed by atoms with E-state index in [2.05, 4.69) is 0 Å². The van der Waals surface area contributed by atoms with E-state index in [1.807, 2.05) is 0 Å². The molecule has 2 aromatic carbocycles. The molecule has 0 aromatic heterocycles. The van der Waals surface area contributed by atoms with E-state index in [0.29, 0.717) is 21.9 Å². The third-order valence-corrected chi connectivity index (χ3v) is 3.81. The van der Waals surface area contributed by atoms with Gasteiger partial charge in [0.15, 0.2) is 5.78 Å². The first-order valence-electron chi connectivity index (χ1n) is 7.45. The Morgan fingerprint density at radius 2 is 1.46 bits per heavy atom. The molecule has 0 spiro atoms. The molecule has 4 nitrogen and oxygen atoms in total. The summed E-state index contributed by atoms with van der Waals surface area (Å²) >= 11 is 5.83. The molecule has 0 saturated carbocycles. The SMILES string of the molecule is COC(=O)C(C)(C)COc1ccc(C(=O)c2ccc(Cl)cc2)cc1. The largest absolute Gasteiger partial charge is 0.492 e. The van der Waals surface area contributed by atoms with Crippen molar-refractivity contribution in [1.82, 2.24) is 0 Å². The molecule has 0 fully saturated rings. The first kappa shape index (κ1) is 18.0. The lowest BCUT2D eigenvalue weighted by Crippen LogP contribution is -2.32. The lowest BCUT2D eigenvalue weighted by Gasteiger charge is -2.21. The van der Waals surface area contributed by atoms with Crippen LogP contribution in [0.2, 0.25) is 5.02 Å². The Labute approximate surface area is 146 Å². The second-order valence-corrected chi connectivity index (χ2v) is 6.46. The standard InChI is InChI=1S/C19H19ClO4/c1-19(2,18(22)23-3)12-24-16-10-6-14(7-11-16)17(21)13-4-8-15(20)9-5-13/h4-11H,12H2,1-3H3. The van der Waals surface area contributed by atoms with Crippen molar-refractivity contribution in [3.05, 3.63) is 64.7 Å². The van der Waals surface area contributed by atoms with Crippen molar-refractivity contribution in [2.24, 2.45) is 5.41 Å². The lowest BCUT2D eigenvalue weighted by atomic mass is 9.95. The molecule has 0 atom stereocenters. The number of methoxy groups -OCH3 is 1. The van der Waals surface area contributed by atoms with Crippen molar-refractivity contribution in [1.29, 1.82) is 0 Å². The van der Waals surface area contributed by atoms with Gasteiger partial charge in [0.1, 0.15) is 12.4 Å². The summed E-state index contributed by atoms with van der Waals surface area (Å²) in [4.78, 5) is 24.0. The van der Waals surface area contributed by atoms with Gasteiger partial charge in [-0.15, -0.1) is 0 Å². The summed E-state index contributed by atoms with van der Waals surface area (Å²) < 4.78 is 10.4. The molecule has 0 saturated heterocycles. The number of ether oxygens (including phenoxy) is 2. The van der Waals surface area contributed by atoms with Crippen molar-refractivity contribution in [3.8, 4) is 5.75 Å². The predicted octanol–water partition coefficient (Wildman–Crippen LogP) is 4.15. The summed E-state index contributed by atoms with van der Waals surface area (Å²) in [5, 5.41) is 0.587. The van der Waals surface area contributed by atoms with Crippen LogP contribution in [0.4, 0.5) is 0 Å². The normalized spacial score (nSPS) is 11.0. The van der Waals surface area contributed by atoms with Crippen LogP contribution in [0.25, 0.3) is 0 Å². The van der Waals surface area contributed by atoms with Crippen molar-refractivity contribution in [3.63, 3.8) is 0 Å². The van der Waals surface area contributed by atoms with Gasteiger partial charge in [-0.25, -0.2) is 0 Å². The molecule has 0 aliphatic rings. The van der Waals surface area contributed by atoms with Crippen LogP contribution >= 0.6 is 11.6 Å². The topological polar surface area (TPSA) is 52.6 Å². The van der Waals surface area contributed by atoms with Gasteiger partial charge in [-0.05, 0) is 62.4 Å². The Kier molecular flexibility index (Phi) is 5.62. The second-order valence-electron chi connectivity index (χ2n) is 6.02. The molecule has 0 amide bonds. The molecule has 0 heterocycles. The highest BCUT2D eigenvalue weighted by Crippen LogP contribution is 2.21. The van der Waals surface area contributed by atoms with Crippen molar-refractivity contribution in [2.75, 3.05) is 13.7 Å². The minimum absolute atomic E-state index is 0.0897. The predicted molar refractivity (Wildman–Crippen MR) is 92.6 cm³/mol. The molecule has 0 radical (unpaired) electrons. The van der Waals surface area contributed by atoms with E-state index in [-0.39, 0.29) is 18.4 Å². The van der Waals surface area contributed by atoms with Crippen LogP contribution in [0.15, 0.2) is 48.5 Å². The van der Waals surface area contributed by atoms with Gasteiger partial charge in [-0.2, -0.15) is 0 Å². The van der Waals surface area contributed by atoms with E-state index >= 15 is 0 Å². The van der Waals surface area contributed by atoms with Crippen LogP contribution < -0.4 is 4.74 Å². The van der Waals surface area contributed by atoms with Crippen LogP contribution in [0.3, 0.4) is 0 Å². The monoisotopic (exact) mass is 346 g/mol. The zero-order chi connectivity index (χ0) is 17.7. The van der Waals surface area contributed by atoms with Gasteiger partial charge in [0.2, 0.25) is 0 Å². The maximum absolute atomic E-state index is 12.4. The summed E-state index contributed by atoms with van der Waals surface area (Å²) in [6.45, 7) is 3.68. The number of esters is 1. The Morgan fingerprint density at radius 1 is 0.958 bits per heavy atom. The molecule has 0 N–H and O–H groups in total. The molecule has 2 aromatic rings. The summed E-state index contributed by atoms with van der Waals surface area (Å²) in [6, 6.07) is 13.5. The molecule has 0 aliphatic carbocycles. The molecule has 0 aliphatic heterocycles. The molecule has 126 valence electrons. The van der Waals surface area contributed by atoms with Crippen LogP contribution in [0, 0.1) is 5.41 Å². The van der Waals surface area contributed by atoms with E-state index in [0.717, 1.165) is 0 Å².